The summed E-state index contributed by atoms with van der Waals surface area (Å²) in [5.41, 5.74) is 8.62. The molecule has 8 nitrogen and oxygen atoms in total. The van der Waals surface area contributed by atoms with Crippen molar-refractivity contribution in [3.05, 3.63) is 65.5 Å². The van der Waals surface area contributed by atoms with Crippen LogP contribution in [0.2, 0.25) is 0 Å². The highest BCUT2D eigenvalue weighted by Gasteiger charge is 2.48. The van der Waals surface area contributed by atoms with Gasteiger partial charge in [-0.2, -0.15) is 0 Å². The largest absolute Gasteiger partial charge is 0.369 e. The predicted molar refractivity (Wildman–Crippen MR) is 155 cm³/mol. The molecule has 1 fully saturated rings. The molecule has 0 bridgehead atoms. The summed E-state index contributed by atoms with van der Waals surface area (Å²) < 4.78 is 0. The SMILES string of the molecule is CCCCC1(CC2CCCCC2)N=C(N)N(Cc2ccc(CNC(=O)N(C)CCc3ccccn3)cc2)C1=O. The normalized spacial score (nSPS) is 19.7. The summed E-state index contributed by atoms with van der Waals surface area (Å²) in [7, 11) is 1.79. The number of likely N-dealkylation sites (N-methyl/N-ethyl adjacent to an activating group) is 1. The second-order valence-electron chi connectivity index (χ2n) is 11.2. The van der Waals surface area contributed by atoms with Crippen molar-refractivity contribution < 1.29 is 9.59 Å². The van der Waals surface area contributed by atoms with Crippen LogP contribution in [0.4, 0.5) is 4.79 Å². The molecule has 1 aliphatic carbocycles. The first-order chi connectivity index (χ1) is 18.9. The van der Waals surface area contributed by atoms with Crippen molar-refractivity contribution in [2.45, 2.75) is 89.8 Å². The van der Waals surface area contributed by atoms with E-state index in [1.165, 1.54) is 32.1 Å². The molecule has 39 heavy (non-hydrogen) atoms. The zero-order chi connectivity index (χ0) is 27.7. The molecule has 1 saturated carbocycles. The van der Waals surface area contributed by atoms with Crippen molar-refractivity contribution in [3.63, 3.8) is 0 Å². The molecule has 2 aromatic rings. The summed E-state index contributed by atoms with van der Waals surface area (Å²) in [4.78, 5) is 38.7. The number of unbranched alkanes of at least 4 members (excludes halogenated alkanes) is 1. The molecule has 0 spiro atoms. The topological polar surface area (TPSA) is 104 Å². The molecular weight excluding hydrogens is 488 g/mol. The Hall–Kier alpha value is -3.42. The lowest BCUT2D eigenvalue weighted by Crippen LogP contribution is -2.45. The lowest BCUT2D eigenvalue weighted by Gasteiger charge is -2.32. The number of guanidine groups is 1. The number of carbonyl (C=O) groups is 2. The van der Waals surface area contributed by atoms with Crippen LogP contribution in [-0.2, 0) is 24.3 Å². The van der Waals surface area contributed by atoms with Gasteiger partial charge in [-0.15, -0.1) is 0 Å². The number of nitrogens with two attached hydrogens (primary N) is 1. The number of hydrogen-bond donors (Lipinski definition) is 2. The van der Waals surface area contributed by atoms with Gasteiger partial charge in [0.2, 0.25) is 0 Å². The van der Waals surface area contributed by atoms with E-state index >= 15 is 0 Å². The van der Waals surface area contributed by atoms with Crippen LogP contribution in [0.3, 0.4) is 0 Å². The van der Waals surface area contributed by atoms with Gasteiger partial charge in [-0.25, -0.2) is 9.79 Å². The van der Waals surface area contributed by atoms with Gasteiger partial charge in [0.05, 0.1) is 6.54 Å². The van der Waals surface area contributed by atoms with Crippen LogP contribution < -0.4 is 11.1 Å². The maximum Gasteiger partial charge on any atom is 0.317 e. The average Bonchev–Trinajstić information content (AvgIpc) is 3.19. The average molecular weight is 533 g/mol. The molecule has 3 amide bonds. The smallest absolute Gasteiger partial charge is 0.317 e. The minimum absolute atomic E-state index is 0.0594. The molecule has 2 heterocycles. The van der Waals surface area contributed by atoms with Gasteiger partial charge in [-0.3, -0.25) is 14.7 Å². The summed E-state index contributed by atoms with van der Waals surface area (Å²) in [5.74, 6) is 0.959. The quantitative estimate of drug-likeness (QED) is 0.400. The number of benzene rings is 1. The third kappa shape index (κ3) is 7.58. The zero-order valence-corrected chi connectivity index (χ0v) is 23.6. The van der Waals surface area contributed by atoms with Gasteiger partial charge in [0.1, 0.15) is 5.54 Å². The predicted octanol–water partition coefficient (Wildman–Crippen LogP) is 5.02. The lowest BCUT2D eigenvalue weighted by molar-refractivity contribution is -0.132. The maximum atomic E-state index is 13.7. The van der Waals surface area contributed by atoms with Gasteiger partial charge in [0.15, 0.2) is 5.96 Å². The van der Waals surface area contributed by atoms with Crippen LogP contribution in [0.5, 0.6) is 0 Å². The lowest BCUT2D eigenvalue weighted by atomic mass is 9.77. The van der Waals surface area contributed by atoms with Gasteiger partial charge in [-0.1, -0.05) is 82.2 Å². The van der Waals surface area contributed by atoms with Crippen molar-refractivity contribution in [2.24, 2.45) is 16.6 Å². The number of pyridine rings is 1. The summed E-state index contributed by atoms with van der Waals surface area (Å²) in [6, 6.07) is 13.7. The molecule has 1 atom stereocenters. The van der Waals surface area contributed by atoms with Crippen molar-refractivity contribution in [2.75, 3.05) is 13.6 Å². The fourth-order valence-corrected chi connectivity index (χ4v) is 5.76. The van der Waals surface area contributed by atoms with E-state index < -0.39 is 5.54 Å². The number of carbonyl (C=O) groups excluding carboxylic acids is 2. The van der Waals surface area contributed by atoms with E-state index in [0.29, 0.717) is 37.9 Å². The Balaban J connectivity index is 1.30. The number of nitrogens with one attached hydrogen (secondary N) is 1. The van der Waals surface area contributed by atoms with E-state index in [9.17, 15) is 9.59 Å². The summed E-state index contributed by atoms with van der Waals surface area (Å²) in [6.07, 6.45) is 12.2. The Morgan fingerprint density at radius 3 is 2.56 bits per heavy atom. The van der Waals surface area contributed by atoms with Gasteiger partial charge in [0.25, 0.3) is 5.91 Å². The fraction of sp³-hybridized carbons (Fsp3) is 0.548. The molecule has 2 aliphatic rings. The molecule has 0 saturated heterocycles. The van der Waals surface area contributed by atoms with E-state index in [1.54, 1.807) is 23.0 Å². The van der Waals surface area contributed by atoms with E-state index in [2.05, 4.69) is 17.2 Å². The first-order valence-corrected chi connectivity index (χ1v) is 14.5. The van der Waals surface area contributed by atoms with Crippen molar-refractivity contribution in [1.29, 1.82) is 0 Å². The second kappa shape index (κ2) is 13.6. The number of amides is 3. The highest BCUT2D eigenvalue weighted by molar-refractivity contribution is 6.06. The summed E-state index contributed by atoms with van der Waals surface area (Å²) in [6.45, 7) is 3.59. The Kier molecular flexibility index (Phi) is 9.96. The van der Waals surface area contributed by atoms with Crippen LogP contribution in [0, 0.1) is 5.92 Å². The van der Waals surface area contributed by atoms with E-state index in [0.717, 1.165) is 42.5 Å². The Morgan fingerprint density at radius 2 is 1.87 bits per heavy atom. The first-order valence-electron chi connectivity index (χ1n) is 14.5. The third-order valence-electron chi connectivity index (χ3n) is 8.13. The Labute approximate surface area is 233 Å². The van der Waals surface area contributed by atoms with E-state index in [4.69, 9.17) is 10.7 Å². The number of rotatable bonds is 12. The number of aliphatic imine (C=N–C) groups is 1. The number of hydrogen-bond acceptors (Lipinski definition) is 5. The molecule has 0 radical (unpaired) electrons. The molecule has 4 rings (SSSR count). The van der Waals surface area contributed by atoms with Gasteiger partial charge in [0, 0.05) is 38.4 Å². The summed E-state index contributed by atoms with van der Waals surface area (Å²) in [5, 5.41) is 2.97. The minimum Gasteiger partial charge on any atom is -0.369 e. The van der Waals surface area contributed by atoms with Crippen LogP contribution in [0.1, 0.15) is 81.5 Å². The number of aromatic nitrogens is 1. The molecule has 1 aromatic heterocycles. The second-order valence-corrected chi connectivity index (χ2v) is 11.2. The number of urea groups is 1. The van der Waals surface area contributed by atoms with Gasteiger partial charge < -0.3 is 16.0 Å². The monoisotopic (exact) mass is 532 g/mol. The molecule has 210 valence electrons. The standard InChI is InChI=1S/C31H44N6O2/c1-3-4-18-31(21-24-10-6-5-7-11-24)28(38)37(29(32)35-31)23-26-15-13-25(14-16-26)22-34-30(39)36(2)20-17-27-12-8-9-19-33-27/h8-9,12-16,19,24H,3-7,10-11,17-18,20-23H2,1-2H3,(H2,32,35)(H,34,39). The Bertz CT molecular complexity index is 1110. The van der Waals surface area contributed by atoms with Crippen molar-refractivity contribution >= 4 is 17.9 Å². The van der Waals surface area contributed by atoms with Crippen molar-refractivity contribution in [3.8, 4) is 0 Å². The van der Waals surface area contributed by atoms with Gasteiger partial charge in [-0.05, 0) is 42.0 Å². The number of nitrogens with zero attached hydrogens (tertiary/aromatic N) is 4. The third-order valence-corrected chi connectivity index (χ3v) is 8.13. The highest BCUT2D eigenvalue weighted by Crippen LogP contribution is 2.39. The molecule has 1 aliphatic heterocycles. The van der Waals surface area contributed by atoms with Crippen molar-refractivity contribution in [1.82, 2.24) is 20.1 Å². The fourth-order valence-electron chi connectivity index (χ4n) is 5.76. The zero-order valence-electron chi connectivity index (χ0n) is 23.6. The van der Waals surface area contributed by atoms with Crippen LogP contribution in [-0.4, -0.2) is 51.8 Å². The Morgan fingerprint density at radius 1 is 1.13 bits per heavy atom. The van der Waals surface area contributed by atoms with E-state index in [1.807, 2.05) is 42.5 Å². The molecular formula is C31H44N6O2. The maximum absolute atomic E-state index is 13.7. The van der Waals surface area contributed by atoms with Crippen LogP contribution in [0.15, 0.2) is 53.7 Å². The molecule has 8 heteroatoms. The molecule has 1 unspecified atom stereocenters. The molecule has 1 aromatic carbocycles. The van der Waals surface area contributed by atoms with Gasteiger partial charge >= 0.3 is 6.03 Å². The summed E-state index contributed by atoms with van der Waals surface area (Å²) >= 11 is 0. The minimum atomic E-state index is -0.699. The highest BCUT2D eigenvalue weighted by atomic mass is 16.2. The van der Waals surface area contributed by atoms with E-state index in [-0.39, 0.29) is 11.9 Å². The van der Waals surface area contributed by atoms with Crippen LogP contribution >= 0.6 is 0 Å². The van der Waals surface area contributed by atoms with Crippen LogP contribution in [0.25, 0.3) is 0 Å². The first kappa shape index (κ1) is 28.6. The molecule has 3 N–H and O–H groups in total.